The van der Waals surface area contributed by atoms with Crippen LogP contribution in [-0.4, -0.2) is 12.6 Å². The summed E-state index contributed by atoms with van der Waals surface area (Å²) in [7, 11) is 0. The lowest BCUT2D eigenvalue weighted by molar-refractivity contribution is 0.514. The van der Waals surface area contributed by atoms with Crippen molar-refractivity contribution >= 4 is 0 Å². The summed E-state index contributed by atoms with van der Waals surface area (Å²) in [5, 5.41) is 3.55. The lowest BCUT2D eigenvalue weighted by atomic mass is 9.99. The fraction of sp³-hybridized carbons (Fsp3) is 0.385. The molecule has 0 aliphatic carbocycles. The first-order valence-electron chi connectivity index (χ1n) is 5.27. The highest BCUT2D eigenvalue weighted by atomic mass is 14.9. The molecule has 1 nitrogen and oxygen atoms in total. The molecule has 1 aliphatic heterocycles. The predicted octanol–water partition coefficient (Wildman–Crippen LogP) is 2.54. The summed E-state index contributed by atoms with van der Waals surface area (Å²) in [5.41, 5.74) is 2.90. The van der Waals surface area contributed by atoms with Crippen LogP contribution in [0.15, 0.2) is 42.0 Å². The van der Waals surface area contributed by atoms with Gasteiger partial charge in [0.25, 0.3) is 0 Å². The lowest BCUT2D eigenvalue weighted by Gasteiger charge is -2.22. The summed E-state index contributed by atoms with van der Waals surface area (Å²) in [6.45, 7) is 3.24. The molecule has 1 heteroatoms. The molecule has 0 aromatic heterocycles. The monoisotopic (exact) mass is 187 g/mol. The van der Waals surface area contributed by atoms with Gasteiger partial charge in [-0.1, -0.05) is 42.0 Å². The number of rotatable bonds is 2. The topological polar surface area (TPSA) is 12.0 Å². The van der Waals surface area contributed by atoms with Crippen LogP contribution in [0.3, 0.4) is 0 Å². The molecule has 1 atom stereocenters. The van der Waals surface area contributed by atoms with Crippen LogP contribution in [0, 0.1) is 0 Å². The van der Waals surface area contributed by atoms with Crippen molar-refractivity contribution in [1.82, 2.24) is 5.32 Å². The van der Waals surface area contributed by atoms with Crippen LogP contribution in [0.5, 0.6) is 0 Å². The van der Waals surface area contributed by atoms with Gasteiger partial charge < -0.3 is 5.32 Å². The summed E-state index contributed by atoms with van der Waals surface area (Å²) in [6, 6.07) is 11.3. The minimum Gasteiger partial charge on any atom is -0.310 e. The van der Waals surface area contributed by atoms with E-state index in [2.05, 4.69) is 48.6 Å². The second kappa shape index (κ2) is 4.43. The van der Waals surface area contributed by atoms with Gasteiger partial charge in [0.2, 0.25) is 0 Å². The van der Waals surface area contributed by atoms with E-state index in [0.717, 1.165) is 13.0 Å². The fourth-order valence-electron chi connectivity index (χ4n) is 1.86. The lowest BCUT2D eigenvalue weighted by Crippen LogP contribution is -2.34. The fourth-order valence-corrected chi connectivity index (χ4v) is 1.86. The smallest absolute Gasteiger partial charge is 0.0164 e. The van der Waals surface area contributed by atoms with Gasteiger partial charge in [-0.15, -0.1) is 0 Å². The molecule has 0 spiro atoms. The van der Waals surface area contributed by atoms with Crippen molar-refractivity contribution in [2.45, 2.75) is 25.8 Å². The van der Waals surface area contributed by atoms with E-state index in [9.17, 15) is 0 Å². The van der Waals surface area contributed by atoms with Crippen LogP contribution >= 0.6 is 0 Å². The van der Waals surface area contributed by atoms with E-state index in [0.29, 0.717) is 6.04 Å². The molecule has 2 rings (SSSR count). The van der Waals surface area contributed by atoms with Crippen LogP contribution in [0.25, 0.3) is 0 Å². The summed E-state index contributed by atoms with van der Waals surface area (Å²) < 4.78 is 0. The maximum absolute atomic E-state index is 3.55. The Morgan fingerprint density at radius 3 is 2.71 bits per heavy atom. The van der Waals surface area contributed by atoms with E-state index in [-0.39, 0.29) is 0 Å². The predicted molar refractivity (Wildman–Crippen MR) is 60.3 cm³/mol. The molecule has 74 valence electrons. The summed E-state index contributed by atoms with van der Waals surface area (Å²) in [4.78, 5) is 0. The standard InChI is InChI=1S/C13H17N/c1-11-7-8-13(14-10-11)9-12-5-3-2-4-6-12/h2-7,13-14H,8-10H2,1H3. The van der Waals surface area contributed by atoms with Crippen molar-refractivity contribution in [3.63, 3.8) is 0 Å². The van der Waals surface area contributed by atoms with E-state index >= 15 is 0 Å². The minimum absolute atomic E-state index is 0.626. The molecule has 1 N–H and O–H groups in total. The Labute approximate surface area is 85.8 Å². The van der Waals surface area contributed by atoms with Crippen molar-refractivity contribution in [1.29, 1.82) is 0 Å². The van der Waals surface area contributed by atoms with Gasteiger partial charge in [-0.05, 0) is 25.3 Å². The Morgan fingerprint density at radius 1 is 1.29 bits per heavy atom. The van der Waals surface area contributed by atoms with Gasteiger partial charge in [0.05, 0.1) is 0 Å². The van der Waals surface area contributed by atoms with Crippen molar-refractivity contribution < 1.29 is 0 Å². The summed E-state index contributed by atoms with van der Waals surface area (Å²) in [5.74, 6) is 0. The third-order valence-corrected chi connectivity index (χ3v) is 2.75. The van der Waals surface area contributed by atoms with Crippen molar-refractivity contribution in [3.8, 4) is 0 Å². The Kier molecular flexibility index (Phi) is 3.00. The Bertz CT molecular complexity index is 313. The number of hydrogen-bond donors (Lipinski definition) is 1. The maximum atomic E-state index is 3.55. The van der Waals surface area contributed by atoms with Gasteiger partial charge in [0.15, 0.2) is 0 Å². The maximum Gasteiger partial charge on any atom is 0.0164 e. The molecule has 1 aromatic carbocycles. The van der Waals surface area contributed by atoms with E-state index in [1.165, 1.54) is 17.6 Å². The molecule has 0 fully saturated rings. The van der Waals surface area contributed by atoms with E-state index in [4.69, 9.17) is 0 Å². The van der Waals surface area contributed by atoms with Gasteiger partial charge >= 0.3 is 0 Å². The average Bonchev–Trinajstić information content (AvgIpc) is 2.23. The second-order valence-electron chi connectivity index (χ2n) is 4.05. The van der Waals surface area contributed by atoms with Gasteiger partial charge in [-0.3, -0.25) is 0 Å². The van der Waals surface area contributed by atoms with Gasteiger partial charge in [0.1, 0.15) is 0 Å². The minimum atomic E-state index is 0.626. The third-order valence-electron chi connectivity index (χ3n) is 2.75. The van der Waals surface area contributed by atoms with E-state index in [1.54, 1.807) is 0 Å². The molecule has 14 heavy (non-hydrogen) atoms. The van der Waals surface area contributed by atoms with Crippen LogP contribution in [0.4, 0.5) is 0 Å². The molecule has 0 radical (unpaired) electrons. The molecule has 0 saturated heterocycles. The highest BCUT2D eigenvalue weighted by molar-refractivity contribution is 5.17. The summed E-state index contributed by atoms with van der Waals surface area (Å²) >= 11 is 0. The quantitative estimate of drug-likeness (QED) is 0.702. The first-order chi connectivity index (χ1) is 6.84. The van der Waals surface area contributed by atoms with Crippen LogP contribution in [0.1, 0.15) is 18.9 Å². The number of benzene rings is 1. The molecule has 1 heterocycles. The van der Waals surface area contributed by atoms with Crippen molar-refractivity contribution in [2.24, 2.45) is 0 Å². The van der Waals surface area contributed by atoms with E-state index in [1.807, 2.05) is 0 Å². The van der Waals surface area contributed by atoms with Gasteiger partial charge in [-0.2, -0.15) is 0 Å². The number of hydrogen-bond acceptors (Lipinski definition) is 1. The molecule has 1 unspecified atom stereocenters. The SMILES string of the molecule is CC1=CCC(Cc2ccccc2)NC1. The van der Waals surface area contributed by atoms with Gasteiger partial charge in [-0.25, -0.2) is 0 Å². The molecule has 1 aliphatic rings. The normalized spacial score (nSPS) is 21.8. The molecule has 1 aromatic rings. The molecule has 0 amide bonds. The average molecular weight is 187 g/mol. The molecule has 0 saturated carbocycles. The first kappa shape index (κ1) is 9.47. The zero-order valence-corrected chi connectivity index (χ0v) is 8.66. The van der Waals surface area contributed by atoms with E-state index < -0.39 is 0 Å². The number of nitrogens with one attached hydrogen (secondary N) is 1. The zero-order chi connectivity index (χ0) is 9.80. The second-order valence-corrected chi connectivity index (χ2v) is 4.05. The van der Waals surface area contributed by atoms with Gasteiger partial charge in [0, 0.05) is 12.6 Å². The highest BCUT2D eigenvalue weighted by Gasteiger charge is 2.11. The largest absolute Gasteiger partial charge is 0.310 e. The third kappa shape index (κ3) is 2.46. The van der Waals surface area contributed by atoms with Crippen LogP contribution < -0.4 is 5.32 Å². The zero-order valence-electron chi connectivity index (χ0n) is 8.66. The molecule has 0 bridgehead atoms. The molecular weight excluding hydrogens is 170 g/mol. The Morgan fingerprint density at radius 2 is 2.07 bits per heavy atom. The van der Waals surface area contributed by atoms with Crippen molar-refractivity contribution in [2.75, 3.05) is 6.54 Å². The first-order valence-corrected chi connectivity index (χ1v) is 5.27. The Balaban J connectivity index is 1.93. The van der Waals surface area contributed by atoms with Crippen LogP contribution in [0.2, 0.25) is 0 Å². The summed E-state index contributed by atoms with van der Waals surface area (Å²) in [6.07, 6.45) is 4.66. The van der Waals surface area contributed by atoms with Crippen molar-refractivity contribution in [3.05, 3.63) is 47.5 Å². The molecular formula is C13H17N. The Hall–Kier alpha value is -1.08. The highest BCUT2D eigenvalue weighted by Crippen LogP contribution is 2.11. The van der Waals surface area contributed by atoms with Crippen LogP contribution in [-0.2, 0) is 6.42 Å².